The third kappa shape index (κ3) is 3.81. The average molecular weight is 212 g/mol. The first-order chi connectivity index (χ1) is 6.70. The van der Waals surface area contributed by atoms with E-state index in [2.05, 4.69) is 0 Å². The number of carboxylic acids is 1. The van der Waals surface area contributed by atoms with Crippen LogP contribution < -0.4 is 0 Å². The Labute approximate surface area is 86.8 Å². The molecule has 0 saturated carbocycles. The molecule has 0 aliphatic carbocycles. The second-order valence-corrected chi connectivity index (χ2v) is 3.87. The zero-order chi connectivity index (χ0) is 10.4. The number of hydrogen-bond acceptors (Lipinski definition) is 3. The van der Waals surface area contributed by atoms with Crippen molar-refractivity contribution in [2.45, 2.75) is 6.10 Å². The highest BCUT2D eigenvalue weighted by Crippen LogP contribution is 2.17. The number of thioether (sulfide) groups is 1. The van der Waals surface area contributed by atoms with Gasteiger partial charge < -0.3 is 10.2 Å². The van der Waals surface area contributed by atoms with Crippen molar-refractivity contribution in [3.63, 3.8) is 0 Å². The first kappa shape index (κ1) is 11.1. The Morgan fingerprint density at radius 2 is 2.00 bits per heavy atom. The SMILES string of the molecule is O=C(O)CSCC(O)c1ccccc1. The second-order valence-electron chi connectivity index (χ2n) is 2.84. The quantitative estimate of drug-likeness (QED) is 0.777. The van der Waals surface area contributed by atoms with Gasteiger partial charge in [-0.05, 0) is 5.56 Å². The average Bonchev–Trinajstić information content (AvgIpc) is 2.18. The van der Waals surface area contributed by atoms with Crippen molar-refractivity contribution in [2.75, 3.05) is 11.5 Å². The van der Waals surface area contributed by atoms with E-state index < -0.39 is 12.1 Å². The van der Waals surface area contributed by atoms with Crippen LogP contribution in [0.15, 0.2) is 30.3 Å². The minimum absolute atomic E-state index is 0.0316. The highest BCUT2D eigenvalue weighted by atomic mass is 32.2. The van der Waals surface area contributed by atoms with Gasteiger partial charge in [0.05, 0.1) is 11.9 Å². The van der Waals surface area contributed by atoms with E-state index in [1.54, 1.807) is 0 Å². The van der Waals surface area contributed by atoms with Crippen molar-refractivity contribution in [2.24, 2.45) is 0 Å². The van der Waals surface area contributed by atoms with Crippen LogP contribution in [0.25, 0.3) is 0 Å². The molecule has 4 heteroatoms. The largest absolute Gasteiger partial charge is 0.481 e. The van der Waals surface area contributed by atoms with Gasteiger partial charge in [0, 0.05) is 5.75 Å². The van der Waals surface area contributed by atoms with Crippen LogP contribution in [-0.2, 0) is 4.79 Å². The van der Waals surface area contributed by atoms with E-state index in [4.69, 9.17) is 5.11 Å². The molecule has 1 rings (SSSR count). The highest BCUT2D eigenvalue weighted by molar-refractivity contribution is 7.99. The van der Waals surface area contributed by atoms with Gasteiger partial charge in [-0.25, -0.2) is 0 Å². The lowest BCUT2D eigenvalue weighted by molar-refractivity contribution is -0.133. The Kier molecular flexibility index (Phi) is 4.49. The van der Waals surface area contributed by atoms with Gasteiger partial charge in [0.15, 0.2) is 0 Å². The number of carboxylic acid groups (broad SMARTS) is 1. The smallest absolute Gasteiger partial charge is 0.313 e. The van der Waals surface area contributed by atoms with Gasteiger partial charge in [-0.15, -0.1) is 11.8 Å². The van der Waals surface area contributed by atoms with Crippen molar-refractivity contribution < 1.29 is 15.0 Å². The Morgan fingerprint density at radius 3 is 2.57 bits per heavy atom. The summed E-state index contributed by atoms with van der Waals surface area (Å²) in [6.07, 6.45) is -0.583. The molecule has 0 radical (unpaired) electrons. The van der Waals surface area contributed by atoms with Gasteiger partial charge in [-0.3, -0.25) is 4.79 Å². The third-order valence-corrected chi connectivity index (χ3v) is 2.69. The minimum atomic E-state index is -0.852. The van der Waals surface area contributed by atoms with Crippen molar-refractivity contribution >= 4 is 17.7 Å². The monoisotopic (exact) mass is 212 g/mol. The number of aliphatic carboxylic acids is 1. The molecule has 1 unspecified atom stereocenters. The van der Waals surface area contributed by atoms with Gasteiger partial charge in [-0.1, -0.05) is 30.3 Å². The fraction of sp³-hybridized carbons (Fsp3) is 0.300. The van der Waals surface area contributed by atoms with E-state index in [-0.39, 0.29) is 5.75 Å². The molecule has 0 spiro atoms. The molecule has 1 aromatic carbocycles. The Morgan fingerprint density at radius 1 is 1.36 bits per heavy atom. The second kappa shape index (κ2) is 5.67. The molecule has 0 aromatic heterocycles. The molecule has 0 aliphatic rings. The van der Waals surface area contributed by atoms with Crippen LogP contribution in [0, 0.1) is 0 Å². The van der Waals surface area contributed by atoms with E-state index in [0.29, 0.717) is 5.75 Å². The molecule has 0 amide bonds. The summed E-state index contributed by atoms with van der Waals surface area (Å²) < 4.78 is 0. The van der Waals surface area contributed by atoms with Gasteiger partial charge in [0.1, 0.15) is 0 Å². The molecule has 3 nitrogen and oxygen atoms in total. The van der Waals surface area contributed by atoms with Crippen LogP contribution in [-0.4, -0.2) is 27.7 Å². The fourth-order valence-electron chi connectivity index (χ4n) is 1.03. The van der Waals surface area contributed by atoms with Gasteiger partial charge >= 0.3 is 5.97 Å². The zero-order valence-electron chi connectivity index (χ0n) is 7.59. The molecule has 0 fully saturated rings. The van der Waals surface area contributed by atoms with Crippen molar-refractivity contribution in [3.8, 4) is 0 Å². The van der Waals surface area contributed by atoms with Crippen LogP contribution in [0.2, 0.25) is 0 Å². The molecule has 1 atom stereocenters. The molecule has 76 valence electrons. The Hall–Kier alpha value is -1.00. The fourth-order valence-corrected chi connectivity index (χ4v) is 1.74. The third-order valence-electron chi connectivity index (χ3n) is 1.69. The summed E-state index contributed by atoms with van der Waals surface area (Å²) in [7, 11) is 0. The Balaban J connectivity index is 2.36. The topological polar surface area (TPSA) is 57.5 Å². The summed E-state index contributed by atoms with van der Waals surface area (Å²) in [6, 6.07) is 9.22. The number of hydrogen-bond donors (Lipinski definition) is 2. The maximum Gasteiger partial charge on any atom is 0.313 e. The molecular formula is C10H12O3S. The van der Waals surface area contributed by atoms with Crippen molar-refractivity contribution in [1.29, 1.82) is 0 Å². The predicted octanol–water partition coefficient (Wildman–Crippen LogP) is 1.54. The number of benzene rings is 1. The zero-order valence-corrected chi connectivity index (χ0v) is 8.41. The lowest BCUT2D eigenvalue weighted by Gasteiger charge is -2.08. The number of aliphatic hydroxyl groups is 1. The maximum atomic E-state index is 10.2. The lowest BCUT2D eigenvalue weighted by atomic mass is 10.1. The van der Waals surface area contributed by atoms with Crippen LogP contribution in [0.5, 0.6) is 0 Å². The van der Waals surface area contributed by atoms with E-state index in [1.807, 2.05) is 30.3 Å². The predicted molar refractivity (Wildman–Crippen MR) is 56.4 cm³/mol. The van der Waals surface area contributed by atoms with Crippen LogP contribution in [0.4, 0.5) is 0 Å². The minimum Gasteiger partial charge on any atom is -0.481 e. The number of rotatable bonds is 5. The van der Waals surface area contributed by atoms with Gasteiger partial charge in [-0.2, -0.15) is 0 Å². The summed E-state index contributed by atoms with van der Waals surface area (Å²) in [4.78, 5) is 10.2. The molecule has 0 bridgehead atoms. The molecule has 1 aromatic rings. The normalized spacial score (nSPS) is 12.4. The summed E-state index contributed by atoms with van der Waals surface area (Å²) in [5, 5.41) is 18.0. The highest BCUT2D eigenvalue weighted by Gasteiger charge is 2.07. The van der Waals surface area contributed by atoms with Crippen molar-refractivity contribution in [3.05, 3.63) is 35.9 Å². The summed E-state index contributed by atoms with van der Waals surface area (Å²) in [5.74, 6) is -0.407. The maximum absolute atomic E-state index is 10.2. The summed E-state index contributed by atoms with van der Waals surface area (Å²) in [5.41, 5.74) is 0.824. The molecular weight excluding hydrogens is 200 g/mol. The molecule has 0 heterocycles. The summed E-state index contributed by atoms with van der Waals surface area (Å²) in [6.45, 7) is 0. The van der Waals surface area contributed by atoms with Crippen LogP contribution in [0.1, 0.15) is 11.7 Å². The number of carbonyl (C=O) groups is 1. The van der Waals surface area contributed by atoms with Crippen LogP contribution >= 0.6 is 11.8 Å². The van der Waals surface area contributed by atoms with E-state index in [1.165, 1.54) is 11.8 Å². The first-order valence-corrected chi connectivity index (χ1v) is 5.38. The molecule has 14 heavy (non-hydrogen) atoms. The van der Waals surface area contributed by atoms with Crippen LogP contribution in [0.3, 0.4) is 0 Å². The summed E-state index contributed by atoms with van der Waals surface area (Å²) >= 11 is 1.21. The molecule has 0 aliphatic heterocycles. The van der Waals surface area contributed by atoms with Gasteiger partial charge in [0.2, 0.25) is 0 Å². The standard InChI is InChI=1S/C10H12O3S/c11-9(6-14-7-10(12)13)8-4-2-1-3-5-8/h1-5,9,11H,6-7H2,(H,12,13). The van der Waals surface area contributed by atoms with E-state index in [0.717, 1.165) is 5.56 Å². The molecule has 2 N–H and O–H groups in total. The Bertz CT molecular complexity index is 287. The lowest BCUT2D eigenvalue weighted by Crippen LogP contribution is -2.04. The molecule has 0 saturated heterocycles. The van der Waals surface area contributed by atoms with E-state index >= 15 is 0 Å². The first-order valence-electron chi connectivity index (χ1n) is 4.22. The van der Waals surface area contributed by atoms with Crippen molar-refractivity contribution in [1.82, 2.24) is 0 Å². The van der Waals surface area contributed by atoms with E-state index in [9.17, 15) is 9.90 Å². The van der Waals surface area contributed by atoms with Gasteiger partial charge in [0.25, 0.3) is 0 Å². The number of aliphatic hydroxyl groups excluding tert-OH is 1.